The summed E-state index contributed by atoms with van der Waals surface area (Å²) in [5.41, 5.74) is 3.57. The second-order valence-electron chi connectivity index (χ2n) is 7.25. The molecule has 0 unspecified atom stereocenters. The molecule has 0 aliphatic carbocycles. The highest BCUT2D eigenvalue weighted by atomic mass is 127. The molecule has 6 nitrogen and oxygen atoms in total. The van der Waals surface area contributed by atoms with Crippen molar-refractivity contribution in [2.24, 2.45) is 4.99 Å². The Balaban J connectivity index is 0.00000480. The van der Waals surface area contributed by atoms with Gasteiger partial charge in [-0.25, -0.2) is 12.8 Å². The van der Waals surface area contributed by atoms with E-state index >= 15 is 0 Å². The minimum Gasteiger partial charge on any atom is -0.370 e. The smallest absolute Gasteiger partial charge is 0.191 e. The number of anilines is 1. The third-order valence-electron chi connectivity index (χ3n) is 4.68. The number of aryl methyl sites for hydroxylation is 1. The van der Waals surface area contributed by atoms with Gasteiger partial charge in [-0.2, -0.15) is 0 Å². The van der Waals surface area contributed by atoms with Crippen molar-refractivity contribution in [3.63, 3.8) is 0 Å². The SMILES string of the molecule is CCN(CCNC(=NC)NCc1cc(F)ccc1CS(C)(=O)=O)c1cccc(C)c1.I. The zero-order valence-corrected chi connectivity index (χ0v) is 21.6. The van der Waals surface area contributed by atoms with Gasteiger partial charge in [0, 0.05) is 45.2 Å². The van der Waals surface area contributed by atoms with Crippen LogP contribution in [0.4, 0.5) is 10.1 Å². The van der Waals surface area contributed by atoms with Crippen LogP contribution < -0.4 is 15.5 Å². The fourth-order valence-corrected chi connectivity index (χ4v) is 4.03. The summed E-state index contributed by atoms with van der Waals surface area (Å²) in [5, 5.41) is 6.40. The van der Waals surface area contributed by atoms with Crippen molar-refractivity contribution in [2.45, 2.75) is 26.1 Å². The minimum absolute atomic E-state index is 0. The van der Waals surface area contributed by atoms with E-state index in [4.69, 9.17) is 0 Å². The number of rotatable bonds is 9. The van der Waals surface area contributed by atoms with Gasteiger partial charge in [-0.3, -0.25) is 4.99 Å². The van der Waals surface area contributed by atoms with Crippen LogP contribution in [0.2, 0.25) is 0 Å². The van der Waals surface area contributed by atoms with Crippen LogP contribution in [0.1, 0.15) is 23.6 Å². The molecule has 0 spiro atoms. The van der Waals surface area contributed by atoms with E-state index < -0.39 is 15.7 Å². The molecule has 0 heterocycles. The largest absolute Gasteiger partial charge is 0.370 e. The maximum absolute atomic E-state index is 13.7. The average Bonchev–Trinajstić information content (AvgIpc) is 2.68. The van der Waals surface area contributed by atoms with Gasteiger partial charge in [-0.15, -0.1) is 24.0 Å². The van der Waals surface area contributed by atoms with Gasteiger partial charge in [0.2, 0.25) is 0 Å². The molecule has 0 saturated heterocycles. The normalized spacial score (nSPS) is 11.6. The highest BCUT2D eigenvalue weighted by Gasteiger charge is 2.11. The molecule has 0 bridgehead atoms. The number of hydrogen-bond donors (Lipinski definition) is 2. The van der Waals surface area contributed by atoms with E-state index in [1.54, 1.807) is 7.05 Å². The molecule has 0 atom stereocenters. The van der Waals surface area contributed by atoms with Crippen LogP contribution in [-0.2, 0) is 22.1 Å². The molecule has 9 heteroatoms. The van der Waals surface area contributed by atoms with E-state index in [0.29, 0.717) is 23.6 Å². The van der Waals surface area contributed by atoms with Crippen LogP contribution >= 0.6 is 24.0 Å². The first-order valence-corrected chi connectivity index (χ1v) is 12.0. The summed E-state index contributed by atoms with van der Waals surface area (Å²) in [4.78, 5) is 6.47. The zero-order valence-electron chi connectivity index (χ0n) is 18.5. The monoisotopic (exact) mass is 562 g/mol. The van der Waals surface area contributed by atoms with E-state index in [0.717, 1.165) is 13.1 Å². The molecule has 2 aromatic rings. The van der Waals surface area contributed by atoms with Crippen LogP contribution in [0.15, 0.2) is 47.5 Å². The third kappa shape index (κ3) is 9.42. The number of guanidine groups is 1. The lowest BCUT2D eigenvalue weighted by molar-refractivity contribution is 0.599. The first-order chi connectivity index (χ1) is 14.2. The summed E-state index contributed by atoms with van der Waals surface area (Å²) >= 11 is 0. The van der Waals surface area contributed by atoms with Crippen LogP contribution in [0, 0.1) is 12.7 Å². The summed E-state index contributed by atoms with van der Waals surface area (Å²) in [6.07, 6.45) is 1.17. The number of hydrogen-bond acceptors (Lipinski definition) is 4. The van der Waals surface area contributed by atoms with Crippen LogP contribution in [0.3, 0.4) is 0 Å². The fourth-order valence-electron chi connectivity index (χ4n) is 3.19. The molecule has 0 aromatic heterocycles. The number of likely N-dealkylation sites (N-methyl/N-ethyl adjacent to an activating group) is 1. The Labute approximate surface area is 202 Å². The van der Waals surface area contributed by atoms with E-state index in [9.17, 15) is 12.8 Å². The molecular weight excluding hydrogens is 530 g/mol. The van der Waals surface area contributed by atoms with Gasteiger partial charge in [0.15, 0.2) is 15.8 Å². The molecule has 0 aliphatic rings. The maximum atomic E-state index is 13.7. The van der Waals surface area contributed by atoms with Gasteiger partial charge in [0.25, 0.3) is 0 Å². The lowest BCUT2D eigenvalue weighted by Gasteiger charge is -2.24. The van der Waals surface area contributed by atoms with Crippen molar-refractivity contribution >= 4 is 45.5 Å². The minimum atomic E-state index is -3.21. The number of halogens is 2. The molecule has 2 N–H and O–H groups in total. The Kier molecular flexibility index (Phi) is 11.3. The van der Waals surface area contributed by atoms with Crippen LogP contribution in [0.25, 0.3) is 0 Å². The van der Waals surface area contributed by atoms with Gasteiger partial charge in [-0.1, -0.05) is 18.2 Å². The molecule has 0 amide bonds. The molecule has 31 heavy (non-hydrogen) atoms. The number of nitrogens with one attached hydrogen (secondary N) is 2. The second-order valence-corrected chi connectivity index (χ2v) is 9.39. The van der Waals surface area contributed by atoms with E-state index in [-0.39, 0.29) is 36.3 Å². The fraction of sp³-hybridized carbons (Fsp3) is 0.409. The standard InChI is InChI=1S/C22H31FN4O2S.HI/c1-5-27(21-8-6-7-17(2)13-21)12-11-25-22(24-3)26-15-19-14-20(23)10-9-18(19)16-30(4,28)29;/h6-10,13-14H,5,11-12,15-16H2,1-4H3,(H2,24,25,26);1H. The number of nitrogens with zero attached hydrogens (tertiary/aromatic N) is 2. The maximum Gasteiger partial charge on any atom is 0.191 e. The van der Waals surface area contributed by atoms with Gasteiger partial charge >= 0.3 is 0 Å². The van der Waals surface area contributed by atoms with Crippen molar-refractivity contribution in [3.8, 4) is 0 Å². The van der Waals surface area contributed by atoms with Gasteiger partial charge < -0.3 is 15.5 Å². The molecule has 0 saturated carbocycles. The van der Waals surface area contributed by atoms with Crippen LogP contribution in [-0.4, -0.2) is 47.3 Å². The van der Waals surface area contributed by atoms with E-state index in [2.05, 4.69) is 52.6 Å². The lowest BCUT2D eigenvalue weighted by Crippen LogP contribution is -2.41. The summed E-state index contributed by atoms with van der Waals surface area (Å²) in [7, 11) is -1.55. The van der Waals surface area contributed by atoms with Gasteiger partial charge in [-0.05, 0) is 54.8 Å². The highest BCUT2D eigenvalue weighted by molar-refractivity contribution is 14.0. The lowest BCUT2D eigenvalue weighted by atomic mass is 10.1. The third-order valence-corrected chi connectivity index (χ3v) is 5.51. The molecular formula is C22H32FIN4O2S. The van der Waals surface area contributed by atoms with Crippen LogP contribution in [0.5, 0.6) is 0 Å². The Bertz CT molecular complexity index is 983. The first kappa shape index (κ1) is 27.2. The average molecular weight is 562 g/mol. The topological polar surface area (TPSA) is 73.8 Å². The molecule has 0 aliphatic heterocycles. The molecule has 0 radical (unpaired) electrons. The summed E-state index contributed by atoms with van der Waals surface area (Å²) in [6, 6.07) is 12.5. The van der Waals surface area contributed by atoms with Crippen molar-refractivity contribution in [1.29, 1.82) is 0 Å². The summed E-state index contributed by atoms with van der Waals surface area (Å²) in [5.74, 6) is 0.0479. The van der Waals surface area contributed by atoms with Crippen molar-refractivity contribution in [3.05, 3.63) is 65.0 Å². The van der Waals surface area contributed by atoms with Gasteiger partial charge in [0.05, 0.1) is 5.75 Å². The number of benzene rings is 2. The Morgan fingerprint density at radius 2 is 1.87 bits per heavy atom. The predicted octanol–water partition coefficient (Wildman–Crippen LogP) is 3.49. The van der Waals surface area contributed by atoms with Crippen molar-refractivity contribution in [2.75, 3.05) is 37.8 Å². The Morgan fingerprint density at radius 3 is 2.48 bits per heavy atom. The number of aliphatic imine (C=N–C) groups is 1. The van der Waals surface area contributed by atoms with Gasteiger partial charge in [0.1, 0.15) is 5.82 Å². The number of sulfone groups is 1. The Hall–Kier alpha value is -1.88. The summed E-state index contributed by atoms with van der Waals surface area (Å²) in [6.45, 7) is 6.81. The highest BCUT2D eigenvalue weighted by Crippen LogP contribution is 2.16. The quantitative estimate of drug-likeness (QED) is 0.278. The second kappa shape index (κ2) is 12.8. The zero-order chi connectivity index (χ0) is 22.1. The molecule has 172 valence electrons. The Morgan fingerprint density at radius 1 is 1.13 bits per heavy atom. The van der Waals surface area contributed by atoms with E-state index in [1.165, 1.54) is 35.7 Å². The first-order valence-electron chi connectivity index (χ1n) is 9.93. The van der Waals surface area contributed by atoms with Crippen molar-refractivity contribution in [1.82, 2.24) is 10.6 Å². The summed E-state index contributed by atoms with van der Waals surface area (Å²) < 4.78 is 37.0. The predicted molar refractivity (Wildman–Crippen MR) is 138 cm³/mol. The molecule has 2 rings (SSSR count). The molecule has 0 fully saturated rings. The van der Waals surface area contributed by atoms with E-state index in [1.807, 2.05) is 6.07 Å². The van der Waals surface area contributed by atoms with Crippen molar-refractivity contribution < 1.29 is 12.8 Å². The molecule has 2 aromatic carbocycles.